The summed E-state index contributed by atoms with van der Waals surface area (Å²) in [6.07, 6.45) is 9.34. The molecule has 3 fully saturated rings. The Labute approximate surface area is 350 Å². The molecule has 3 amide bonds. The molecule has 5 heterocycles. The number of anilines is 1. The van der Waals surface area contributed by atoms with Crippen molar-refractivity contribution in [3.8, 4) is 11.5 Å². The van der Waals surface area contributed by atoms with E-state index in [0.717, 1.165) is 75.2 Å². The fourth-order valence-corrected chi connectivity index (χ4v) is 10.3. The molecule has 3 aliphatic heterocycles. The van der Waals surface area contributed by atoms with E-state index in [1.807, 2.05) is 16.3 Å². The summed E-state index contributed by atoms with van der Waals surface area (Å²) in [6.45, 7) is 11.7. The van der Waals surface area contributed by atoms with Gasteiger partial charge < -0.3 is 39.8 Å². The predicted molar refractivity (Wildman–Crippen MR) is 226 cm³/mol. The molecule has 1 aliphatic carbocycles. The number of rotatable bonds is 17. The SMILES string of the molecule is CC(C)c1nc(C(=O)N2CCOC3(CCN(Cc4csc(CCOCCC(=O)N(CCNCCc5ccc(O)c6c5OCC(=O)N6)C5CCCCC5)c4)CC3)C2)cs1. The molecule has 2 saturated heterocycles. The number of hydrogen-bond donors (Lipinski definition) is 3. The number of hydrogen-bond acceptors (Lipinski definition) is 12. The van der Waals surface area contributed by atoms with Crippen molar-refractivity contribution < 1.29 is 33.7 Å². The van der Waals surface area contributed by atoms with Gasteiger partial charge in [-0.2, -0.15) is 0 Å². The summed E-state index contributed by atoms with van der Waals surface area (Å²) in [4.78, 5) is 50.9. The van der Waals surface area contributed by atoms with Gasteiger partial charge in [0.15, 0.2) is 12.4 Å². The van der Waals surface area contributed by atoms with Gasteiger partial charge in [0, 0.05) is 67.9 Å². The first-order valence-electron chi connectivity index (χ1n) is 21.2. The maximum atomic E-state index is 13.5. The van der Waals surface area contributed by atoms with Crippen molar-refractivity contribution in [3.05, 3.63) is 55.7 Å². The van der Waals surface area contributed by atoms with Gasteiger partial charge in [-0.25, -0.2) is 4.98 Å². The van der Waals surface area contributed by atoms with Crippen LogP contribution in [0.2, 0.25) is 0 Å². The molecule has 3 aromatic rings. The molecule has 4 aliphatic rings. The minimum Gasteiger partial charge on any atom is -0.506 e. The lowest BCUT2D eigenvalue weighted by molar-refractivity contribution is -0.135. The van der Waals surface area contributed by atoms with Gasteiger partial charge in [-0.3, -0.25) is 19.3 Å². The number of nitrogens with one attached hydrogen (secondary N) is 2. The van der Waals surface area contributed by atoms with Crippen LogP contribution in [0.15, 0.2) is 29.0 Å². The van der Waals surface area contributed by atoms with E-state index in [1.165, 1.54) is 16.9 Å². The number of thiazole rings is 1. The second-order valence-electron chi connectivity index (χ2n) is 16.5. The number of carbonyl (C=O) groups is 3. The average Bonchev–Trinajstić information content (AvgIpc) is 3.92. The van der Waals surface area contributed by atoms with Crippen LogP contribution in [-0.4, -0.2) is 126 Å². The molecular formula is C43H60N6O7S2. The zero-order chi connectivity index (χ0) is 40.5. The number of morpholine rings is 1. The number of fused-ring (bicyclic) bond motifs is 1. The van der Waals surface area contributed by atoms with Gasteiger partial charge in [-0.1, -0.05) is 39.2 Å². The number of thiophene rings is 1. The van der Waals surface area contributed by atoms with Crippen LogP contribution < -0.4 is 15.4 Å². The minimum absolute atomic E-state index is 0.00295. The number of nitrogens with zero attached hydrogens (tertiary/aromatic N) is 4. The highest BCUT2D eigenvalue weighted by atomic mass is 32.1. The predicted octanol–water partition coefficient (Wildman–Crippen LogP) is 5.81. The highest BCUT2D eigenvalue weighted by Crippen LogP contribution is 2.39. The van der Waals surface area contributed by atoms with Crippen LogP contribution in [0.1, 0.15) is 103 Å². The molecule has 15 heteroatoms. The van der Waals surface area contributed by atoms with E-state index >= 15 is 0 Å². The van der Waals surface area contributed by atoms with E-state index in [4.69, 9.17) is 14.2 Å². The third kappa shape index (κ3) is 11.0. The van der Waals surface area contributed by atoms with Crippen LogP contribution in [-0.2, 0) is 38.4 Å². The molecule has 0 atom stereocenters. The zero-order valence-electron chi connectivity index (χ0n) is 34.1. The molecule has 3 N–H and O–H groups in total. The van der Waals surface area contributed by atoms with Crippen molar-refractivity contribution in [3.63, 3.8) is 0 Å². The molecule has 0 unspecified atom stereocenters. The Balaban J connectivity index is 0.795. The summed E-state index contributed by atoms with van der Waals surface area (Å²) in [5.74, 6) is 0.743. The van der Waals surface area contributed by atoms with E-state index in [2.05, 4.69) is 50.7 Å². The molecule has 58 heavy (non-hydrogen) atoms. The van der Waals surface area contributed by atoms with Crippen LogP contribution in [0.3, 0.4) is 0 Å². The normalized spacial score (nSPS) is 18.6. The molecule has 13 nitrogen and oxygen atoms in total. The monoisotopic (exact) mass is 836 g/mol. The second-order valence-corrected chi connectivity index (χ2v) is 18.3. The maximum Gasteiger partial charge on any atom is 0.273 e. The smallest absolute Gasteiger partial charge is 0.273 e. The number of carbonyl (C=O) groups excluding carboxylic acids is 3. The van der Waals surface area contributed by atoms with E-state index < -0.39 is 0 Å². The van der Waals surface area contributed by atoms with Crippen molar-refractivity contribution in [1.29, 1.82) is 0 Å². The number of benzene rings is 1. The number of amides is 3. The molecule has 0 bridgehead atoms. The first kappa shape index (κ1) is 42.5. The lowest BCUT2D eigenvalue weighted by Gasteiger charge is -2.47. The van der Waals surface area contributed by atoms with Gasteiger partial charge in [0.2, 0.25) is 5.91 Å². The van der Waals surface area contributed by atoms with E-state index in [9.17, 15) is 19.5 Å². The van der Waals surface area contributed by atoms with Crippen molar-refractivity contribution in [2.45, 2.75) is 102 Å². The Hall–Kier alpha value is -3.60. The van der Waals surface area contributed by atoms with E-state index in [0.29, 0.717) is 88.4 Å². The zero-order valence-corrected chi connectivity index (χ0v) is 35.7. The van der Waals surface area contributed by atoms with Crippen LogP contribution in [0, 0.1) is 0 Å². The minimum atomic E-state index is -0.279. The fraction of sp³-hybridized carbons (Fsp3) is 0.628. The molecule has 1 saturated carbocycles. The molecule has 0 radical (unpaired) electrons. The maximum absolute atomic E-state index is 13.5. The summed E-state index contributed by atoms with van der Waals surface area (Å²) >= 11 is 3.34. The van der Waals surface area contributed by atoms with Gasteiger partial charge >= 0.3 is 0 Å². The number of phenolic OH excluding ortho intramolecular Hbond substituents is 1. The van der Waals surface area contributed by atoms with Crippen LogP contribution in [0.5, 0.6) is 11.5 Å². The van der Waals surface area contributed by atoms with Crippen LogP contribution in [0.4, 0.5) is 5.69 Å². The number of likely N-dealkylation sites (tertiary alicyclic amines) is 1. The third-order valence-electron chi connectivity index (χ3n) is 11.9. The number of phenols is 1. The lowest BCUT2D eigenvalue weighted by atomic mass is 9.89. The van der Waals surface area contributed by atoms with Gasteiger partial charge in [0.1, 0.15) is 17.1 Å². The molecule has 316 valence electrons. The highest BCUT2D eigenvalue weighted by Gasteiger charge is 2.41. The topological polar surface area (TPSA) is 146 Å². The number of aromatic hydroxyl groups is 1. The standard InChI is InChI=1S/C43H60N6O7S2/c1-30(2)41-45-35(28-58-41)42(53)48-20-23-56-43(29-48)13-17-47(18-14-43)25-31-24-34(57-27-31)11-21-54-22-12-38(52)49(33-6-4-3-5-7-33)19-16-44-15-10-32-8-9-36(50)39-40(32)55-26-37(51)46-39/h8-9,24,27-28,30,33,44,50H,3-7,10-23,25-26,29H2,1-2H3,(H,46,51). The van der Waals surface area contributed by atoms with Crippen molar-refractivity contribution in [2.75, 3.05) is 77.6 Å². The van der Waals surface area contributed by atoms with Gasteiger partial charge in [-0.15, -0.1) is 22.7 Å². The Morgan fingerprint density at radius 3 is 2.71 bits per heavy atom. The third-order valence-corrected chi connectivity index (χ3v) is 14.1. The van der Waals surface area contributed by atoms with Gasteiger partial charge in [0.25, 0.3) is 11.8 Å². The molecule has 2 aromatic heterocycles. The molecular weight excluding hydrogens is 777 g/mol. The quantitative estimate of drug-likeness (QED) is 0.113. The van der Waals surface area contributed by atoms with E-state index in [1.54, 1.807) is 28.7 Å². The first-order chi connectivity index (χ1) is 28.2. The Morgan fingerprint density at radius 1 is 1.09 bits per heavy atom. The van der Waals surface area contributed by atoms with Crippen LogP contribution in [0.25, 0.3) is 0 Å². The van der Waals surface area contributed by atoms with Gasteiger partial charge in [0.05, 0.1) is 43.4 Å². The number of aromatic nitrogens is 1. The van der Waals surface area contributed by atoms with Crippen molar-refractivity contribution in [1.82, 2.24) is 25.0 Å². The van der Waals surface area contributed by atoms with Gasteiger partial charge in [-0.05, 0) is 67.3 Å². The number of ether oxygens (including phenoxy) is 3. The van der Waals surface area contributed by atoms with E-state index in [-0.39, 0.29) is 41.7 Å². The highest BCUT2D eigenvalue weighted by molar-refractivity contribution is 7.10. The Bertz CT molecular complexity index is 1850. The van der Waals surface area contributed by atoms with Crippen molar-refractivity contribution >= 4 is 46.1 Å². The molecule has 1 spiro atoms. The first-order valence-corrected chi connectivity index (χ1v) is 22.9. The second kappa shape index (κ2) is 20.1. The number of piperidine rings is 1. The largest absolute Gasteiger partial charge is 0.506 e. The summed E-state index contributed by atoms with van der Waals surface area (Å²) in [7, 11) is 0. The molecule has 1 aromatic carbocycles. The average molecular weight is 837 g/mol. The Kier molecular flexibility index (Phi) is 14.7. The van der Waals surface area contributed by atoms with Crippen molar-refractivity contribution in [2.24, 2.45) is 0 Å². The lowest BCUT2D eigenvalue weighted by Crippen LogP contribution is -2.57. The van der Waals surface area contributed by atoms with Crippen LogP contribution >= 0.6 is 22.7 Å². The summed E-state index contributed by atoms with van der Waals surface area (Å²) in [6, 6.07) is 5.98. The summed E-state index contributed by atoms with van der Waals surface area (Å²) in [5, 5.41) is 21.5. The fourth-order valence-electron chi connectivity index (χ4n) is 8.59. The summed E-state index contributed by atoms with van der Waals surface area (Å²) < 4.78 is 18.0. The molecule has 7 rings (SSSR count). The summed E-state index contributed by atoms with van der Waals surface area (Å²) in [5.41, 5.74) is 2.85. The Morgan fingerprint density at radius 2 is 1.91 bits per heavy atom.